The van der Waals surface area contributed by atoms with Crippen molar-refractivity contribution in [3.63, 3.8) is 0 Å². The van der Waals surface area contributed by atoms with Crippen LogP contribution in [0.25, 0.3) is 67.3 Å². The summed E-state index contributed by atoms with van der Waals surface area (Å²) in [6, 6.07) is 38.1. The highest BCUT2D eigenvalue weighted by Gasteiger charge is 2.29. The number of benzene rings is 4. The Morgan fingerprint density at radius 3 is 1.18 bits per heavy atom. The number of aliphatic hydroxyl groups excluding tert-OH is 2. The molecule has 2 amide bonds. The van der Waals surface area contributed by atoms with Crippen molar-refractivity contribution in [1.29, 1.82) is 0 Å². The number of nitrogens with zero attached hydrogens (tertiary/aromatic N) is 9. The molecule has 4 N–H and O–H groups in total. The molecule has 2 aliphatic rings. The third kappa shape index (κ3) is 13.9. The van der Waals surface area contributed by atoms with E-state index < -0.39 is 0 Å². The number of carbonyl (C=O) groups is 2. The fourth-order valence-electron chi connectivity index (χ4n) is 9.66. The number of aromatic nitrogens is 7. The predicted octanol–water partition coefficient (Wildman–Crippen LogP) is 12.7. The van der Waals surface area contributed by atoms with Crippen LogP contribution in [0.4, 0.5) is 0 Å². The first kappa shape index (κ1) is 60.9. The fourth-order valence-corrected chi connectivity index (χ4v) is 10.4. The summed E-state index contributed by atoms with van der Waals surface area (Å²) >= 11 is 19.5. The standard InChI is InChI=1S/C32H29ClN6O2.C27H25Cl2N5O2.3ClH/c33-28-18-24(26-7-5-15-35-20-26)12-13-29(28)39-31(23-10-8-22(9-11-23)25-6-4-14-34-19-25)27(21-40)30(36-39)32(41)37-38-16-2-1-3-17-38;28-21-10-11-24(23(29)15-21)34-26(19-8-6-18(7-9-19)20-5-4-12-30-16-20)22(17-35)25(31-34)27(36)32-33-13-2-1-3-14-33;;;/h4-15,18-20,40H,1-3,16-17,21H2,(H,37,41);4-12,15-16,35H,1-3,13-14,17H2,(H,32,36);3*1H. The molecule has 9 aromatic rings. The second-order valence-electron chi connectivity index (χ2n) is 18.6. The van der Waals surface area contributed by atoms with Gasteiger partial charge < -0.3 is 10.2 Å². The first-order chi connectivity index (χ1) is 37.7. The minimum atomic E-state index is -0.367. The van der Waals surface area contributed by atoms with Gasteiger partial charge in [-0.2, -0.15) is 10.2 Å². The SMILES string of the molecule is Cl.Cl.Cl.O=C(NN1CCCCC1)c1nn(-c2ccc(-c3cccnc3)cc2Cl)c(-c2ccc(-c3cccnc3)cc2)c1CO.O=C(NN1CCCCC1)c1nn(-c2ccc(Cl)cc2Cl)c(-c2ccc(-c3cccnc3)cc2)c1CO. The Morgan fingerprint density at radius 2 is 0.812 bits per heavy atom. The van der Waals surface area contributed by atoms with Gasteiger partial charge in [0, 0.05) is 96.2 Å². The summed E-state index contributed by atoms with van der Waals surface area (Å²) in [6.45, 7) is 2.40. The van der Waals surface area contributed by atoms with Crippen molar-refractivity contribution in [3.05, 3.63) is 196 Å². The second kappa shape index (κ2) is 28.6. The maximum absolute atomic E-state index is 13.5. The molecule has 11 rings (SSSR count). The van der Waals surface area contributed by atoms with Crippen LogP contribution in [-0.4, -0.2) is 92.7 Å². The molecule has 4 aromatic carbocycles. The molecule has 0 saturated carbocycles. The zero-order chi connectivity index (χ0) is 53.3. The van der Waals surface area contributed by atoms with Crippen LogP contribution >= 0.6 is 72.0 Å². The molecule has 2 fully saturated rings. The van der Waals surface area contributed by atoms with Crippen molar-refractivity contribution in [2.75, 3.05) is 26.2 Å². The molecule has 5 aromatic heterocycles. The quantitative estimate of drug-likeness (QED) is 0.0863. The lowest BCUT2D eigenvalue weighted by molar-refractivity contribution is 0.0734. The molecule has 7 heterocycles. The Morgan fingerprint density at radius 1 is 0.450 bits per heavy atom. The number of halogens is 6. The van der Waals surface area contributed by atoms with E-state index in [2.05, 4.69) is 30.9 Å². The lowest BCUT2D eigenvalue weighted by Crippen LogP contribution is -2.45. The molecule has 414 valence electrons. The maximum Gasteiger partial charge on any atom is 0.286 e. The van der Waals surface area contributed by atoms with E-state index in [1.807, 2.05) is 119 Å². The number of nitrogens with one attached hydrogen (secondary N) is 2. The summed E-state index contributed by atoms with van der Waals surface area (Å²) in [5.41, 5.74) is 16.8. The average molecular weight is 1200 g/mol. The van der Waals surface area contributed by atoms with Gasteiger partial charge in [-0.15, -0.1) is 37.2 Å². The second-order valence-corrected chi connectivity index (χ2v) is 19.9. The van der Waals surface area contributed by atoms with Crippen LogP contribution in [0.1, 0.15) is 70.6 Å². The fraction of sp³-hybridized carbons (Fsp3) is 0.203. The van der Waals surface area contributed by atoms with E-state index in [0.717, 1.165) is 109 Å². The zero-order valence-electron chi connectivity index (χ0n) is 43.1. The number of amides is 2. The first-order valence-corrected chi connectivity index (χ1v) is 26.6. The molecule has 0 spiro atoms. The average Bonchev–Trinajstić information content (AvgIpc) is 4.12. The van der Waals surface area contributed by atoms with Crippen LogP contribution in [0, 0.1) is 0 Å². The molecule has 0 aliphatic carbocycles. The Labute approximate surface area is 497 Å². The Balaban J connectivity index is 0.000000225. The molecule has 0 atom stereocenters. The summed E-state index contributed by atoms with van der Waals surface area (Å²) in [6.07, 6.45) is 17.0. The summed E-state index contributed by atoms with van der Waals surface area (Å²) in [5, 5.41) is 35.5. The number of piperidine rings is 2. The third-order valence-corrected chi connectivity index (χ3v) is 14.4. The molecule has 80 heavy (non-hydrogen) atoms. The van der Waals surface area contributed by atoms with Gasteiger partial charge >= 0.3 is 0 Å². The number of carbonyl (C=O) groups excluding carboxylic acids is 2. The van der Waals surface area contributed by atoms with Gasteiger partial charge in [-0.25, -0.2) is 19.4 Å². The molecule has 2 aliphatic heterocycles. The van der Waals surface area contributed by atoms with Gasteiger partial charge in [0.1, 0.15) is 0 Å². The molecule has 15 nitrogen and oxygen atoms in total. The first-order valence-electron chi connectivity index (χ1n) is 25.4. The predicted molar refractivity (Wildman–Crippen MR) is 322 cm³/mol. The van der Waals surface area contributed by atoms with Crippen molar-refractivity contribution in [2.45, 2.75) is 51.7 Å². The van der Waals surface area contributed by atoms with Crippen molar-refractivity contribution < 1.29 is 19.8 Å². The lowest BCUT2D eigenvalue weighted by Gasteiger charge is -2.26. The van der Waals surface area contributed by atoms with Crippen molar-refractivity contribution in [1.82, 2.24) is 55.4 Å². The number of hydrogen-bond acceptors (Lipinski definition) is 11. The van der Waals surface area contributed by atoms with Crippen molar-refractivity contribution >= 4 is 83.8 Å². The highest BCUT2D eigenvalue weighted by Crippen LogP contribution is 2.37. The molecule has 0 unspecified atom stereocenters. The Hall–Kier alpha value is -6.73. The molecular weight excluding hydrogens is 1140 g/mol. The summed E-state index contributed by atoms with van der Waals surface area (Å²) in [5.74, 6) is -0.718. The van der Waals surface area contributed by atoms with Crippen LogP contribution in [0.3, 0.4) is 0 Å². The van der Waals surface area contributed by atoms with Gasteiger partial charge in [-0.1, -0.05) is 120 Å². The molecule has 0 bridgehead atoms. The monoisotopic (exact) mass is 1190 g/mol. The van der Waals surface area contributed by atoms with Gasteiger partial charge in [0.2, 0.25) is 0 Å². The van der Waals surface area contributed by atoms with Gasteiger partial charge in [0.15, 0.2) is 11.4 Å². The van der Waals surface area contributed by atoms with Crippen molar-refractivity contribution in [2.24, 2.45) is 0 Å². The largest absolute Gasteiger partial charge is 0.392 e. The highest BCUT2D eigenvalue weighted by atomic mass is 35.5. The van der Waals surface area contributed by atoms with Gasteiger partial charge in [-0.05, 0) is 102 Å². The molecule has 21 heteroatoms. The Bertz CT molecular complexity index is 3490. The van der Waals surface area contributed by atoms with E-state index in [-0.39, 0.29) is 73.6 Å². The topological polar surface area (TPSA) is 179 Å². The van der Waals surface area contributed by atoms with E-state index in [9.17, 15) is 19.8 Å². The summed E-state index contributed by atoms with van der Waals surface area (Å²) < 4.78 is 3.26. The minimum Gasteiger partial charge on any atom is -0.392 e. The number of rotatable bonds is 13. The summed E-state index contributed by atoms with van der Waals surface area (Å²) in [7, 11) is 0. The molecule has 2 saturated heterocycles. The van der Waals surface area contributed by atoms with E-state index in [1.165, 1.54) is 0 Å². The molecule has 0 radical (unpaired) electrons. The smallest absolute Gasteiger partial charge is 0.286 e. The van der Waals surface area contributed by atoms with Crippen LogP contribution in [0.15, 0.2) is 159 Å². The number of hydrogen-bond donors (Lipinski definition) is 4. The normalized spacial score (nSPS) is 13.4. The lowest BCUT2D eigenvalue weighted by atomic mass is 10.0. The van der Waals surface area contributed by atoms with Gasteiger partial charge in [0.25, 0.3) is 11.8 Å². The van der Waals surface area contributed by atoms with Crippen LogP contribution in [0.5, 0.6) is 0 Å². The van der Waals surface area contributed by atoms with Gasteiger partial charge in [-0.3, -0.25) is 35.4 Å². The number of aliphatic hydroxyl groups is 2. The van der Waals surface area contributed by atoms with E-state index in [0.29, 0.717) is 49.0 Å². The van der Waals surface area contributed by atoms with E-state index in [1.54, 1.807) is 58.5 Å². The van der Waals surface area contributed by atoms with Crippen LogP contribution in [0.2, 0.25) is 15.1 Å². The Kier molecular flexibility index (Phi) is 21.8. The third-order valence-electron chi connectivity index (χ3n) is 13.6. The zero-order valence-corrected chi connectivity index (χ0v) is 47.8. The van der Waals surface area contributed by atoms with Gasteiger partial charge in [0.05, 0.1) is 46.0 Å². The van der Waals surface area contributed by atoms with E-state index >= 15 is 0 Å². The number of hydrazine groups is 2. The van der Waals surface area contributed by atoms with Crippen LogP contribution in [-0.2, 0) is 13.2 Å². The maximum atomic E-state index is 13.5. The molecular formula is C59H57Cl6N11O4. The number of pyridine rings is 3. The van der Waals surface area contributed by atoms with Crippen LogP contribution < -0.4 is 10.9 Å². The summed E-state index contributed by atoms with van der Waals surface area (Å²) in [4.78, 5) is 39.4. The van der Waals surface area contributed by atoms with E-state index in [4.69, 9.17) is 39.9 Å². The highest BCUT2D eigenvalue weighted by molar-refractivity contribution is 6.35. The minimum absolute atomic E-state index is 0. The van der Waals surface area contributed by atoms with Crippen molar-refractivity contribution in [3.8, 4) is 67.3 Å².